The van der Waals surface area contributed by atoms with E-state index in [0.717, 1.165) is 0 Å². The second-order valence-corrected chi connectivity index (χ2v) is 3.80. The fourth-order valence-electron chi connectivity index (χ4n) is 1.49. The molecule has 1 aromatic carbocycles. The molecule has 0 aliphatic heterocycles. The van der Waals surface area contributed by atoms with Gasteiger partial charge in [0.25, 0.3) is 11.3 Å². The first-order chi connectivity index (χ1) is 9.50. The van der Waals surface area contributed by atoms with Crippen molar-refractivity contribution in [3.8, 4) is 11.6 Å². The Morgan fingerprint density at radius 2 is 1.95 bits per heavy atom. The van der Waals surface area contributed by atoms with Crippen molar-refractivity contribution >= 4 is 5.97 Å². The number of carboxylic acid groups (broad SMARTS) is 1. The minimum absolute atomic E-state index is 0.0767. The molecule has 0 aliphatic carbocycles. The van der Waals surface area contributed by atoms with Gasteiger partial charge in [-0.15, -0.1) is 5.10 Å². The first-order valence-electron chi connectivity index (χ1n) is 5.46. The zero-order valence-corrected chi connectivity index (χ0v) is 10.1. The lowest BCUT2D eigenvalue weighted by Crippen LogP contribution is -2.23. The summed E-state index contributed by atoms with van der Waals surface area (Å²) < 4.78 is 5.08. The van der Waals surface area contributed by atoms with Gasteiger partial charge in [0.15, 0.2) is 0 Å². The Hall–Kier alpha value is -3.03. The number of carbonyl (C=O) groups is 1. The van der Waals surface area contributed by atoms with Crippen LogP contribution in [0.2, 0.25) is 0 Å². The number of ether oxygens (including phenoxy) is 1. The number of hydrogen-bond donors (Lipinski definition) is 3. The Morgan fingerprint density at radius 3 is 2.55 bits per heavy atom. The molecule has 0 amide bonds. The van der Waals surface area contributed by atoms with Gasteiger partial charge in [0, 0.05) is 0 Å². The van der Waals surface area contributed by atoms with Gasteiger partial charge in [-0.05, 0) is 5.56 Å². The smallest absolute Gasteiger partial charge is 0.360 e. The van der Waals surface area contributed by atoms with E-state index in [1.165, 1.54) is 0 Å². The van der Waals surface area contributed by atoms with Crippen molar-refractivity contribution in [3.63, 3.8) is 0 Å². The number of aromatic nitrogens is 2. The molecule has 0 radical (unpaired) electrons. The molecule has 0 fully saturated rings. The van der Waals surface area contributed by atoms with Gasteiger partial charge in [-0.3, -0.25) is 4.79 Å². The summed E-state index contributed by atoms with van der Waals surface area (Å²) in [5.41, 5.74) is -1.37. The van der Waals surface area contributed by atoms with Crippen LogP contribution in [0.5, 0.6) is 11.6 Å². The average Bonchev–Trinajstić information content (AvgIpc) is 2.43. The van der Waals surface area contributed by atoms with Crippen LogP contribution in [-0.4, -0.2) is 31.3 Å². The third kappa shape index (κ3) is 2.53. The lowest BCUT2D eigenvalue weighted by molar-refractivity contribution is 0.0649. The topological polar surface area (TPSA) is 122 Å². The minimum Gasteiger partial charge on any atom is -0.489 e. The van der Waals surface area contributed by atoms with Crippen molar-refractivity contribution in [1.29, 1.82) is 0 Å². The number of aromatic hydroxyl groups is 1. The fourth-order valence-corrected chi connectivity index (χ4v) is 1.49. The molecule has 8 nitrogen and oxygen atoms in total. The van der Waals surface area contributed by atoms with E-state index in [1.807, 2.05) is 0 Å². The molecule has 0 bridgehead atoms. The van der Waals surface area contributed by atoms with E-state index in [4.69, 9.17) is 9.84 Å². The molecule has 1 heterocycles. The average molecular weight is 278 g/mol. The maximum Gasteiger partial charge on any atom is 0.360 e. The maximum atomic E-state index is 11.8. The highest BCUT2D eigenvalue weighted by atomic mass is 16.5. The van der Waals surface area contributed by atoms with E-state index >= 15 is 0 Å². The Kier molecular flexibility index (Phi) is 3.56. The van der Waals surface area contributed by atoms with Gasteiger partial charge < -0.3 is 20.2 Å². The number of carboxylic acids is 1. The summed E-state index contributed by atoms with van der Waals surface area (Å²) in [6, 6.07) is 8.72. The third-order valence-corrected chi connectivity index (χ3v) is 2.44. The van der Waals surface area contributed by atoms with Gasteiger partial charge in [0.05, 0.1) is 0 Å². The molecule has 104 valence electrons. The van der Waals surface area contributed by atoms with Crippen molar-refractivity contribution in [2.45, 2.75) is 6.61 Å². The van der Waals surface area contributed by atoms with E-state index in [1.54, 1.807) is 30.3 Å². The summed E-state index contributed by atoms with van der Waals surface area (Å²) in [5.74, 6) is -3.28. The first kappa shape index (κ1) is 13.4. The highest BCUT2D eigenvalue weighted by Gasteiger charge is 2.22. The molecule has 0 unspecified atom stereocenters. The summed E-state index contributed by atoms with van der Waals surface area (Å²) in [7, 11) is 0. The van der Waals surface area contributed by atoms with Crippen LogP contribution in [0.25, 0.3) is 0 Å². The Balaban J connectivity index is 2.36. The fraction of sp³-hybridized carbons (Fsp3) is 0.0833. The number of aromatic carboxylic acids is 1. The summed E-state index contributed by atoms with van der Waals surface area (Å²) >= 11 is 0. The predicted molar refractivity (Wildman–Crippen MR) is 65.1 cm³/mol. The Bertz CT molecular complexity index is 695. The highest BCUT2D eigenvalue weighted by molar-refractivity contribution is 5.85. The zero-order valence-electron chi connectivity index (χ0n) is 10.1. The van der Waals surface area contributed by atoms with E-state index in [0.29, 0.717) is 5.56 Å². The van der Waals surface area contributed by atoms with Gasteiger partial charge in [0.2, 0.25) is 11.4 Å². The third-order valence-electron chi connectivity index (χ3n) is 2.44. The molecule has 0 atom stereocenters. The van der Waals surface area contributed by atoms with Gasteiger partial charge in [-0.25, -0.2) is 4.79 Å². The largest absolute Gasteiger partial charge is 0.489 e. The number of rotatable bonds is 4. The van der Waals surface area contributed by atoms with Crippen LogP contribution in [0.15, 0.2) is 35.1 Å². The molecule has 0 saturated carbocycles. The van der Waals surface area contributed by atoms with Crippen molar-refractivity contribution in [2.24, 2.45) is 0 Å². The van der Waals surface area contributed by atoms with Crippen molar-refractivity contribution in [3.05, 3.63) is 51.8 Å². The van der Waals surface area contributed by atoms with E-state index in [-0.39, 0.29) is 11.5 Å². The quantitative estimate of drug-likeness (QED) is 0.694. The van der Waals surface area contributed by atoms with Crippen LogP contribution in [-0.2, 0) is 6.61 Å². The van der Waals surface area contributed by atoms with Crippen LogP contribution >= 0.6 is 0 Å². The van der Waals surface area contributed by atoms with Crippen molar-refractivity contribution in [1.82, 2.24) is 9.94 Å². The summed E-state index contributed by atoms with van der Waals surface area (Å²) in [5, 5.41) is 30.5. The zero-order chi connectivity index (χ0) is 14.7. The molecule has 0 spiro atoms. The van der Waals surface area contributed by atoms with Crippen LogP contribution in [0.4, 0.5) is 0 Å². The second kappa shape index (κ2) is 5.31. The molecule has 0 aliphatic rings. The first-order valence-corrected chi connectivity index (χ1v) is 5.46. The summed E-state index contributed by atoms with van der Waals surface area (Å²) in [4.78, 5) is 22.4. The monoisotopic (exact) mass is 278 g/mol. The van der Waals surface area contributed by atoms with Crippen LogP contribution < -0.4 is 10.2 Å². The van der Waals surface area contributed by atoms with Crippen LogP contribution in [0, 0.1) is 0 Å². The molecule has 20 heavy (non-hydrogen) atoms. The molecule has 2 aromatic rings. The molecule has 3 N–H and O–H groups in total. The Labute approximate surface area is 112 Å². The SMILES string of the molecule is O=C(O)c1nn(O)c(O)c(OCc2ccccc2)c1=O. The normalized spacial score (nSPS) is 10.2. The summed E-state index contributed by atoms with van der Waals surface area (Å²) in [6.45, 7) is -0.0767. The van der Waals surface area contributed by atoms with Crippen LogP contribution in [0.3, 0.4) is 0 Å². The molecular weight excluding hydrogens is 268 g/mol. The van der Waals surface area contributed by atoms with Crippen molar-refractivity contribution < 1.29 is 25.0 Å². The standard InChI is InChI=1S/C12H10N2O6/c15-9-8(12(17)18)13-14(19)11(16)10(9)20-6-7-4-2-1-3-5-7/h1-5,16,19H,6H2,(H,17,18). The number of benzene rings is 1. The Morgan fingerprint density at radius 1 is 1.30 bits per heavy atom. The lowest BCUT2D eigenvalue weighted by atomic mass is 10.2. The van der Waals surface area contributed by atoms with E-state index in [2.05, 4.69) is 5.10 Å². The van der Waals surface area contributed by atoms with Gasteiger partial charge >= 0.3 is 5.97 Å². The lowest BCUT2D eigenvalue weighted by Gasteiger charge is -2.09. The maximum absolute atomic E-state index is 11.8. The van der Waals surface area contributed by atoms with Gasteiger partial charge in [0.1, 0.15) is 6.61 Å². The second-order valence-electron chi connectivity index (χ2n) is 3.80. The molecular formula is C12H10N2O6. The highest BCUT2D eigenvalue weighted by Crippen LogP contribution is 2.20. The summed E-state index contributed by atoms with van der Waals surface area (Å²) in [6.07, 6.45) is 0. The van der Waals surface area contributed by atoms with E-state index in [9.17, 15) is 19.9 Å². The van der Waals surface area contributed by atoms with Crippen LogP contribution in [0.1, 0.15) is 16.1 Å². The molecule has 1 aromatic heterocycles. The van der Waals surface area contributed by atoms with Gasteiger partial charge in [-0.1, -0.05) is 35.2 Å². The number of nitrogens with zero attached hydrogens (tertiary/aromatic N) is 2. The van der Waals surface area contributed by atoms with Gasteiger partial charge in [-0.2, -0.15) is 0 Å². The minimum atomic E-state index is -1.64. The molecule has 2 rings (SSSR count). The van der Waals surface area contributed by atoms with E-state index < -0.39 is 28.7 Å². The predicted octanol–water partition coefficient (Wildman–Crippen LogP) is 0.463. The van der Waals surface area contributed by atoms with Crippen molar-refractivity contribution in [2.75, 3.05) is 0 Å². The molecule has 8 heteroatoms. The number of hydrogen-bond acceptors (Lipinski definition) is 6. The molecule has 0 saturated heterocycles.